The summed E-state index contributed by atoms with van der Waals surface area (Å²) in [7, 11) is 0. The molecular formula is C9H6FIO2. The van der Waals surface area contributed by atoms with Crippen molar-refractivity contribution in [3.05, 3.63) is 39.2 Å². The second-order valence-electron chi connectivity index (χ2n) is 2.34. The van der Waals surface area contributed by atoms with Gasteiger partial charge in [-0.3, -0.25) is 0 Å². The van der Waals surface area contributed by atoms with Gasteiger partial charge in [-0.2, -0.15) is 0 Å². The van der Waals surface area contributed by atoms with Crippen molar-refractivity contribution in [2.75, 3.05) is 0 Å². The van der Waals surface area contributed by atoms with Crippen LogP contribution in [0, 0.1) is 9.39 Å². The van der Waals surface area contributed by atoms with Gasteiger partial charge in [-0.15, -0.1) is 0 Å². The summed E-state index contributed by atoms with van der Waals surface area (Å²) in [5.41, 5.74) is 0.286. The van der Waals surface area contributed by atoms with Gasteiger partial charge in [0.05, 0.1) is 0 Å². The topological polar surface area (TPSA) is 37.3 Å². The van der Waals surface area contributed by atoms with E-state index in [9.17, 15) is 9.18 Å². The smallest absolute Gasteiger partial charge is 0.328 e. The van der Waals surface area contributed by atoms with Gasteiger partial charge in [0.2, 0.25) is 0 Å². The molecule has 0 aliphatic carbocycles. The first kappa shape index (κ1) is 10.2. The van der Waals surface area contributed by atoms with Gasteiger partial charge in [-0.25, -0.2) is 9.18 Å². The van der Waals surface area contributed by atoms with Gasteiger partial charge in [-0.1, -0.05) is 0 Å². The molecule has 0 spiro atoms. The Morgan fingerprint density at radius 1 is 1.54 bits per heavy atom. The Kier molecular flexibility index (Phi) is 3.41. The van der Waals surface area contributed by atoms with Crippen LogP contribution in [0.3, 0.4) is 0 Å². The van der Waals surface area contributed by atoms with Crippen molar-refractivity contribution in [1.29, 1.82) is 0 Å². The average molecular weight is 292 g/mol. The second kappa shape index (κ2) is 4.36. The van der Waals surface area contributed by atoms with E-state index >= 15 is 0 Å². The van der Waals surface area contributed by atoms with Crippen molar-refractivity contribution in [2.45, 2.75) is 0 Å². The summed E-state index contributed by atoms with van der Waals surface area (Å²) in [6.45, 7) is 0. The maximum Gasteiger partial charge on any atom is 0.328 e. The lowest BCUT2D eigenvalue weighted by atomic mass is 10.2. The number of benzene rings is 1. The first-order chi connectivity index (χ1) is 6.09. The number of carbonyl (C=O) groups is 1. The summed E-state index contributed by atoms with van der Waals surface area (Å²) < 4.78 is 13.8. The molecule has 0 amide bonds. The van der Waals surface area contributed by atoms with E-state index < -0.39 is 11.8 Å². The SMILES string of the molecule is O=C(O)C=Cc1cc(I)ccc1F. The lowest BCUT2D eigenvalue weighted by Gasteiger charge is -1.96. The number of aliphatic carboxylic acids is 1. The van der Waals surface area contributed by atoms with Crippen LogP contribution < -0.4 is 0 Å². The molecule has 4 heteroatoms. The number of carboxylic acids is 1. The van der Waals surface area contributed by atoms with Crippen molar-refractivity contribution in [2.24, 2.45) is 0 Å². The minimum atomic E-state index is -1.08. The highest BCUT2D eigenvalue weighted by Crippen LogP contribution is 2.13. The Balaban J connectivity index is 3.00. The highest BCUT2D eigenvalue weighted by Gasteiger charge is 1.99. The van der Waals surface area contributed by atoms with Gasteiger partial charge in [-0.05, 0) is 46.9 Å². The van der Waals surface area contributed by atoms with Crippen LogP contribution in [0.15, 0.2) is 24.3 Å². The Morgan fingerprint density at radius 2 is 2.23 bits per heavy atom. The Labute approximate surface area is 88.2 Å². The largest absolute Gasteiger partial charge is 0.478 e. The summed E-state index contributed by atoms with van der Waals surface area (Å²) in [6.07, 6.45) is 2.15. The fourth-order valence-electron chi connectivity index (χ4n) is 0.803. The molecule has 0 fully saturated rings. The summed E-state index contributed by atoms with van der Waals surface area (Å²) in [5.74, 6) is -1.50. The molecule has 1 aromatic rings. The lowest BCUT2D eigenvalue weighted by Crippen LogP contribution is -1.88. The third-order valence-electron chi connectivity index (χ3n) is 1.36. The van der Waals surface area contributed by atoms with Gasteiger partial charge >= 0.3 is 5.97 Å². The Bertz CT molecular complexity index is 361. The summed E-state index contributed by atoms with van der Waals surface area (Å²) in [4.78, 5) is 10.2. The van der Waals surface area contributed by atoms with E-state index in [2.05, 4.69) is 0 Å². The van der Waals surface area contributed by atoms with E-state index in [0.29, 0.717) is 0 Å². The van der Waals surface area contributed by atoms with Crippen LogP contribution in [0.5, 0.6) is 0 Å². The van der Waals surface area contributed by atoms with Crippen LogP contribution in [0.1, 0.15) is 5.56 Å². The van der Waals surface area contributed by atoms with Crippen molar-refractivity contribution in [3.63, 3.8) is 0 Å². The third kappa shape index (κ3) is 3.14. The van der Waals surface area contributed by atoms with Gasteiger partial charge in [0, 0.05) is 15.2 Å². The number of rotatable bonds is 2. The normalized spacial score (nSPS) is 10.6. The lowest BCUT2D eigenvalue weighted by molar-refractivity contribution is -0.131. The zero-order valence-corrected chi connectivity index (χ0v) is 8.66. The highest BCUT2D eigenvalue weighted by atomic mass is 127. The average Bonchev–Trinajstić information content (AvgIpc) is 2.06. The fourth-order valence-corrected chi connectivity index (χ4v) is 1.32. The summed E-state index contributed by atoms with van der Waals surface area (Å²) >= 11 is 2.03. The molecule has 0 radical (unpaired) electrons. The molecule has 0 heterocycles. The first-order valence-corrected chi connectivity index (χ1v) is 4.53. The monoisotopic (exact) mass is 292 g/mol. The molecule has 0 bridgehead atoms. The van der Waals surface area contributed by atoms with Crippen molar-refractivity contribution in [3.8, 4) is 0 Å². The van der Waals surface area contributed by atoms with Crippen LogP contribution in [0.25, 0.3) is 6.08 Å². The molecule has 1 rings (SSSR count). The van der Waals surface area contributed by atoms with E-state index in [1.165, 1.54) is 12.1 Å². The van der Waals surface area contributed by atoms with Gasteiger partial charge in [0.1, 0.15) is 5.82 Å². The van der Waals surface area contributed by atoms with Crippen LogP contribution in [-0.4, -0.2) is 11.1 Å². The van der Waals surface area contributed by atoms with Gasteiger partial charge in [0.25, 0.3) is 0 Å². The Hall–Kier alpha value is -0.910. The van der Waals surface area contributed by atoms with Gasteiger partial charge in [0.15, 0.2) is 0 Å². The maximum atomic E-state index is 13.0. The maximum absolute atomic E-state index is 13.0. The number of hydrogen-bond donors (Lipinski definition) is 1. The number of halogens is 2. The number of hydrogen-bond acceptors (Lipinski definition) is 1. The zero-order chi connectivity index (χ0) is 9.84. The standard InChI is InChI=1S/C9H6FIO2/c10-8-3-2-7(11)5-6(8)1-4-9(12)13/h1-5H,(H,12,13). The molecule has 0 saturated carbocycles. The predicted molar refractivity (Wildman–Crippen MR) is 55.8 cm³/mol. The van der Waals surface area contributed by atoms with E-state index in [1.54, 1.807) is 12.1 Å². The van der Waals surface area contributed by atoms with Crippen molar-refractivity contribution in [1.82, 2.24) is 0 Å². The van der Waals surface area contributed by atoms with Crippen LogP contribution in [0.4, 0.5) is 4.39 Å². The number of carboxylic acid groups (broad SMARTS) is 1. The fraction of sp³-hybridized carbons (Fsp3) is 0. The molecule has 1 N–H and O–H groups in total. The quantitative estimate of drug-likeness (QED) is 0.672. The van der Waals surface area contributed by atoms with E-state index in [0.717, 1.165) is 9.65 Å². The molecule has 13 heavy (non-hydrogen) atoms. The highest BCUT2D eigenvalue weighted by molar-refractivity contribution is 14.1. The molecular weight excluding hydrogens is 286 g/mol. The van der Waals surface area contributed by atoms with E-state index in [-0.39, 0.29) is 5.56 Å². The summed E-state index contributed by atoms with van der Waals surface area (Å²) in [5, 5.41) is 8.32. The zero-order valence-electron chi connectivity index (χ0n) is 6.50. The van der Waals surface area contributed by atoms with Crippen molar-refractivity contribution < 1.29 is 14.3 Å². The molecule has 0 saturated heterocycles. The molecule has 2 nitrogen and oxygen atoms in total. The predicted octanol–water partition coefficient (Wildman–Crippen LogP) is 2.53. The molecule has 0 aliphatic rings. The molecule has 0 atom stereocenters. The third-order valence-corrected chi connectivity index (χ3v) is 2.03. The van der Waals surface area contributed by atoms with Crippen LogP contribution in [-0.2, 0) is 4.79 Å². The molecule has 0 unspecified atom stereocenters. The molecule has 0 aromatic heterocycles. The Morgan fingerprint density at radius 3 is 2.85 bits per heavy atom. The molecule has 0 aliphatic heterocycles. The molecule has 1 aromatic carbocycles. The van der Waals surface area contributed by atoms with Crippen molar-refractivity contribution >= 4 is 34.6 Å². The van der Waals surface area contributed by atoms with E-state index in [1.807, 2.05) is 22.6 Å². The van der Waals surface area contributed by atoms with Gasteiger partial charge < -0.3 is 5.11 Å². The van der Waals surface area contributed by atoms with Crippen LogP contribution >= 0.6 is 22.6 Å². The minimum Gasteiger partial charge on any atom is -0.478 e. The first-order valence-electron chi connectivity index (χ1n) is 3.45. The molecule has 68 valence electrons. The minimum absolute atomic E-state index is 0.286. The van der Waals surface area contributed by atoms with E-state index in [4.69, 9.17) is 5.11 Å². The summed E-state index contributed by atoms with van der Waals surface area (Å²) in [6, 6.07) is 4.51. The van der Waals surface area contributed by atoms with Crippen LogP contribution in [0.2, 0.25) is 0 Å². The second-order valence-corrected chi connectivity index (χ2v) is 3.58.